The third-order valence-electron chi connectivity index (χ3n) is 5.98. The summed E-state index contributed by atoms with van der Waals surface area (Å²) < 4.78 is 1.76. The molecule has 2 aliphatic carbocycles. The van der Waals surface area contributed by atoms with Gasteiger partial charge in [0.1, 0.15) is 5.15 Å². The number of amides is 2. The summed E-state index contributed by atoms with van der Waals surface area (Å²) in [4.78, 5) is 33.2. The number of nitrogens with two attached hydrogens (primary N) is 1. The van der Waals surface area contributed by atoms with Crippen molar-refractivity contribution in [1.82, 2.24) is 14.8 Å². The second-order valence-corrected chi connectivity index (χ2v) is 8.37. The SMILES string of the molecule is C=Cc1ccc(-n2nc(C(N)=O)c3c2C2=C(C=CC(=NC(=O)c4cccnc4Cl)C2)CC3)cc1. The third kappa shape index (κ3) is 3.80. The van der Waals surface area contributed by atoms with Crippen LogP contribution in [0.2, 0.25) is 5.15 Å². The van der Waals surface area contributed by atoms with Crippen LogP contribution in [0.4, 0.5) is 0 Å². The van der Waals surface area contributed by atoms with Crippen molar-refractivity contribution < 1.29 is 9.59 Å². The van der Waals surface area contributed by atoms with Crippen LogP contribution in [-0.2, 0) is 6.42 Å². The summed E-state index contributed by atoms with van der Waals surface area (Å²) in [5.74, 6) is -1.02. The molecule has 0 radical (unpaired) electrons. The van der Waals surface area contributed by atoms with Crippen LogP contribution in [-0.4, -0.2) is 32.3 Å². The molecule has 0 fully saturated rings. The fourth-order valence-electron chi connectivity index (χ4n) is 4.33. The number of primary amides is 1. The Morgan fingerprint density at radius 3 is 2.65 bits per heavy atom. The molecule has 0 spiro atoms. The number of aliphatic imine (C=N–C) groups is 1. The summed E-state index contributed by atoms with van der Waals surface area (Å²) in [6.07, 6.45) is 8.91. The largest absolute Gasteiger partial charge is 0.364 e. The van der Waals surface area contributed by atoms with E-state index < -0.39 is 11.8 Å². The van der Waals surface area contributed by atoms with Gasteiger partial charge < -0.3 is 5.73 Å². The molecule has 7 nitrogen and oxygen atoms in total. The summed E-state index contributed by atoms with van der Waals surface area (Å²) in [6, 6.07) is 11.0. The van der Waals surface area contributed by atoms with Gasteiger partial charge in [0.05, 0.1) is 16.9 Å². The number of benzene rings is 1. The predicted molar refractivity (Wildman–Crippen MR) is 132 cm³/mol. The summed E-state index contributed by atoms with van der Waals surface area (Å²) in [5, 5.41) is 4.69. The molecule has 0 saturated heterocycles. The second-order valence-electron chi connectivity index (χ2n) is 8.01. The van der Waals surface area contributed by atoms with Crippen molar-refractivity contribution in [3.63, 3.8) is 0 Å². The van der Waals surface area contributed by atoms with Gasteiger partial charge in [-0.25, -0.2) is 14.7 Å². The van der Waals surface area contributed by atoms with Crippen LogP contribution in [0.25, 0.3) is 17.3 Å². The van der Waals surface area contributed by atoms with Crippen LogP contribution in [0.15, 0.2) is 71.9 Å². The third-order valence-corrected chi connectivity index (χ3v) is 6.28. The Labute approximate surface area is 201 Å². The lowest BCUT2D eigenvalue weighted by molar-refractivity contribution is 0.0989. The highest BCUT2D eigenvalue weighted by Crippen LogP contribution is 2.39. The number of carbonyl (C=O) groups is 2. The fraction of sp³-hybridized carbons (Fsp3) is 0.115. The minimum Gasteiger partial charge on any atom is -0.364 e. The van der Waals surface area contributed by atoms with Crippen molar-refractivity contribution in [3.8, 4) is 5.69 Å². The molecule has 2 amide bonds. The average Bonchev–Trinajstić information content (AvgIpc) is 3.25. The molecule has 0 aliphatic heterocycles. The van der Waals surface area contributed by atoms with Crippen molar-refractivity contribution in [3.05, 3.63) is 100 Å². The predicted octanol–water partition coefficient (Wildman–Crippen LogP) is 4.60. The molecule has 168 valence electrons. The zero-order valence-electron chi connectivity index (χ0n) is 18.2. The number of halogens is 1. The second kappa shape index (κ2) is 8.68. The number of pyridine rings is 1. The molecule has 1 aromatic carbocycles. The fourth-order valence-corrected chi connectivity index (χ4v) is 4.53. The molecule has 2 heterocycles. The quantitative estimate of drug-likeness (QED) is 0.563. The monoisotopic (exact) mass is 469 g/mol. The van der Waals surface area contributed by atoms with E-state index >= 15 is 0 Å². The average molecular weight is 470 g/mol. The summed E-state index contributed by atoms with van der Waals surface area (Å²) in [5.41, 5.74) is 12.3. The maximum Gasteiger partial charge on any atom is 0.280 e. The Morgan fingerprint density at radius 2 is 1.94 bits per heavy atom. The minimum atomic E-state index is -0.566. The van der Waals surface area contributed by atoms with E-state index in [4.69, 9.17) is 17.3 Å². The lowest BCUT2D eigenvalue weighted by atomic mass is 9.83. The Balaban J connectivity index is 1.58. The smallest absolute Gasteiger partial charge is 0.280 e. The zero-order valence-corrected chi connectivity index (χ0v) is 18.9. The molecule has 2 N–H and O–H groups in total. The van der Waals surface area contributed by atoms with E-state index in [1.54, 1.807) is 22.9 Å². The van der Waals surface area contributed by atoms with Crippen molar-refractivity contribution in [2.24, 2.45) is 10.7 Å². The van der Waals surface area contributed by atoms with Gasteiger partial charge in [-0.3, -0.25) is 9.59 Å². The molecule has 0 unspecified atom stereocenters. The van der Waals surface area contributed by atoms with E-state index in [2.05, 4.69) is 21.7 Å². The van der Waals surface area contributed by atoms with Gasteiger partial charge in [-0.2, -0.15) is 5.10 Å². The topological polar surface area (TPSA) is 103 Å². The van der Waals surface area contributed by atoms with Gasteiger partial charge in [-0.05, 0) is 59.9 Å². The highest BCUT2D eigenvalue weighted by atomic mass is 35.5. The molecule has 8 heteroatoms. The summed E-state index contributed by atoms with van der Waals surface area (Å²) in [6.45, 7) is 3.79. The summed E-state index contributed by atoms with van der Waals surface area (Å²) >= 11 is 6.07. The van der Waals surface area contributed by atoms with Gasteiger partial charge in [0.15, 0.2) is 5.69 Å². The van der Waals surface area contributed by atoms with E-state index in [-0.39, 0.29) is 16.4 Å². The maximum atomic E-state index is 12.7. The normalized spacial score (nSPS) is 15.7. The first-order valence-corrected chi connectivity index (χ1v) is 11.1. The molecule has 0 saturated carbocycles. The van der Waals surface area contributed by atoms with Crippen LogP contribution >= 0.6 is 11.6 Å². The van der Waals surface area contributed by atoms with Crippen LogP contribution in [0.3, 0.4) is 0 Å². The molecule has 2 aromatic heterocycles. The number of allylic oxidation sites excluding steroid dienone is 4. The van der Waals surface area contributed by atoms with Crippen LogP contribution in [0.1, 0.15) is 50.5 Å². The Bertz CT molecular complexity index is 1440. The molecule has 2 aliphatic rings. The highest BCUT2D eigenvalue weighted by molar-refractivity contribution is 6.33. The first-order chi connectivity index (χ1) is 16.5. The lowest BCUT2D eigenvalue weighted by Crippen LogP contribution is -2.17. The van der Waals surface area contributed by atoms with Crippen LogP contribution in [0.5, 0.6) is 0 Å². The van der Waals surface area contributed by atoms with Gasteiger partial charge in [-0.1, -0.05) is 42.5 Å². The Hall–Kier alpha value is -4.10. The maximum absolute atomic E-state index is 12.7. The molecular weight excluding hydrogens is 450 g/mol. The highest BCUT2D eigenvalue weighted by Gasteiger charge is 2.31. The van der Waals surface area contributed by atoms with Crippen molar-refractivity contribution in [1.29, 1.82) is 0 Å². The van der Waals surface area contributed by atoms with E-state index in [1.807, 2.05) is 36.4 Å². The van der Waals surface area contributed by atoms with Crippen LogP contribution in [0, 0.1) is 0 Å². The van der Waals surface area contributed by atoms with Gasteiger partial charge in [0.25, 0.3) is 11.8 Å². The molecule has 3 aromatic rings. The summed E-state index contributed by atoms with van der Waals surface area (Å²) in [7, 11) is 0. The van der Waals surface area contributed by atoms with E-state index in [9.17, 15) is 9.59 Å². The lowest BCUT2D eigenvalue weighted by Gasteiger charge is -2.24. The van der Waals surface area contributed by atoms with Crippen molar-refractivity contribution >= 4 is 40.8 Å². The van der Waals surface area contributed by atoms with E-state index in [1.165, 1.54) is 6.20 Å². The number of fused-ring (bicyclic) bond motifs is 2. The minimum absolute atomic E-state index is 0.114. The molecule has 0 atom stereocenters. The van der Waals surface area contributed by atoms with Gasteiger partial charge in [0.2, 0.25) is 0 Å². The number of nitrogens with zero attached hydrogens (tertiary/aromatic N) is 4. The number of aromatic nitrogens is 3. The van der Waals surface area contributed by atoms with E-state index in [0.717, 1.165) is 40.1 Å². The molecule has 5 rings (SSSR count). The first kappa shape index (κ1) is 21.7. The molecular formula is C26H20ClN5O2. The van der Waals surface area contributed by atoms with Crippen molar-refractivity contribution in [2.75, 3.05) is 0 Å². The first-order valence-electron chi connectivity index (χ1n) is 10.7. The Kier molecular flexibility index (Phi) is 5.55. The standard InChI is InChI=1S/C26H20ClN5O2/c1-2-15-5-10-18(11-6-15)32-23-19(22(31-32)25(28)33)12-8-16-7-9-17(14-21(16)23)30-26(34)20-4-3-13-29-24(20)27/h2-7,9-11,13H,1,8,12,14H2,(H2,28,33). The number of hydrogen-bond acceptors (Lipinski definition) is 4. The van der Waals surface area contributed by atoms with Gasteiger partial charge in [-0.15, -0.1) is 0 Å². The molecule has 34 heavy (non-hydrogen) atoms. The van der Waals surface area contributed by atoms with Gasteiger partial charge in [0, 0.05) is 23.9 Å². The number of carbonyl (C=O) groups excluding carboxylic acids is 2. The number of hydrogen-bond donors (Lipinski definition) is 1. The zero-order chi connectivity index (χ0) is 23.8. The van der Waals surface area contributed by atoms with Crippen LogP contribution < -0.4 is 5.73 Å². The van der Waals surface area contributed by atoms with Crippen molar-refractivity contribution in [2.45, 2.75) is 19.3 Å². The molecule has 0 bridgehead atoms. The number of rotatable bonds is 4. The Morgan fingerprint density at radius 1 is 1.15 bits per heavy atom. The van der Waals surface area contributed by atoms with Gasteiger partial charge >= 0.3 is 0 Å². The van der Waals surface area contributed by atoms with E-state index in [0.29, 0.717) is 18.6 Å².